The van der Waals surface area contributed by atoms with Crippen LogP contribution in [0.2, 0.25) is 0 Å². The second-order valence-corrected chi connectivity index (χ2v) is 6.08. The summed E-state index contributed by atoms with van der Waals surface area (Å²) >= 11 is 1.74. The Labute approximate surface area is 128 Å². The van der Waals surface area contributed by atoms with Crippen molar-refractivity contribution >= 4 is 23.4 Å². The maximum Gasteiger partial charge on any atom is 0.315 e. The molecular weight excluding hydrogens is 286 g/mol. The zero-order valence-electron chi connectivity index (χ0n) is 12.5. The molecule has 2 amide bonds. The monoisotopic (exact) mass is 307 g/mol. The van der Waals surface area contributed by atoms with E-state index in [1.807, 2.05) is 48.9 Å². The number of thioether (sulfide) groups is 1. The van der Waals surface area contributed by atoms with Crippen LogP contribution in [0, 0.1) is 0 Å². The van der Waals surface area contributed by atoms with Crippen LogP contribution >= 0.6 is 11.8 Å². The van der Waals surface area contributed by atoms with Crippen LogP contribution in [-0.4, -0.2) is 38.7 Å². The molecule has 2 rings (SSSR count). The Morgan fingerprint density at radius 1 is 1.33 bits per heavy atom. The SMILES string of the molecule is CSCC[C@H](NC(=O)NC(C)C)c1nnc2ccccn12. The normalized spacial score (nSPS) is 12.6. The van der Waals surface area contributed by atoms with E-state index in [9.17, 15) is 4.79 Å². The summed E-state index contributed by atoms with van der Waals surface area (Å²) in [7, 11) is 0. The Morgan fingerprint density at radius 3 is 2.86 bits per heavy atom. The quantitative estimate of drug-likeness (QED) is 0.858. The number of carbonyl (C=O) groups excluding carboxylic acids is 1. The highest BCUT2D eigenvalue weighted by Gasteiger charge is 2.20. The number of fused-ring (bicyclic) bond motifs is 1. The molecular formula is C14H21N5OS. The third kappa shape index (κ3) is 4.10. The number of aromatic nitrogens is 3. The number of hydrogen-bond donors (Lipinski definition) is 2. The van der Waals surface area contributed by atoms with Gasteiger partial charge in [0.2, 0.25) is 0 Å². The van der Waals surface area contributed by atoms with E-state index in [0.717, 1.165) is 23.6 Å². The molecule has 2 aromatic heterocycles. The predicted octanol–water partition coefficient (Wildman–Crippen LogP) is 2.23. The zero-order valence-corrected chi connectivity index (χ0v) is 13.4. The molecule has 2 heterocycles. The van der Waals surface area contributed by atoms with Crippen LogP contribution < -0.4 is 10.6 Å². The predicted molar refractivity (Wildman–Crippen MR) is 85.5 cm³/mol. The largest absolute Gasteiger partial charge is 0.336 e. The number of hydrogen-bond acceptors (Lipinski definition) is 4. The summed E-state index contributed by atoms with van der Waals surface area (Å²) in [5.41, 5.74) is 0.785. The molecule has 0 spiro atoms. The first kappa shape index (κ1) is 15.6. The fraction of sp³-hybridized carbons (Fsp3) is 0.500. The van der Waals surface area contributed by atoms with Gasteiger partial charge in [0.15, 0.2) is 11.5 Å². The summed E-state index contributed by atoms with van der Waals surface area (Å²) in [5, 5.41) is 14.2. The highest BCUT2D eigenvalue weighted by Crippen LogP contribution is 2.18. The Balaban J connectivity index is 2.20. The molecule has 0 aromatic carbocycles. The molecule has 6 nitrogen and oxygen atoms in total. The number of nitrogens with zero attached hydrogens (tertiary/aromatic N) is 3. The van der Waals surface area contributed by atoms with Crippen molar-refractivity contribution in [3.8, 4) is 0 Å². The van der Waals surface area contributed by atoms with E-state index in [2.05, 4.69) is 20.8 Å². The third-order valence-corrected chi connectivity index (χ3v) is 3.63. The number of urea groups is 1. The van der Waals surface area contributed by atoms with Crippen LogP contribution in [0.15, 0.2) is 24.4 Å². The molecule has 0 saturated heterocycles. The summed E-state index contributed by atoms with van der Waals surface area (Å²) in [6.45, 7) is 3.87. The van der Waals surface area contributed by atoms with Gasteiger partial charge in [-0.25, -0.2) is 4.79 Å². The average molecular weight is 307 g/mol. The first-order valence-corrected chi connectivity index (χ1v) is 8.37. The summed E-state index contributed by atoms with van der Waals surface area (Å²) in [4.78, 5) is 12.0. The molecule has 0 aliphatic rings. The van der Waals surface area contributed by atoms with Crippen LogP contribution in [0.4, 0.5) is 4.79 Å². The standard InChI is InChI=1S/C14H21N5OS/c1-10(2)15-14(20)16-11(7-9-21-3)13-18-17-12-6-4-5-8-19(12)13/h4-6,8,10-11H,7,9H2,1-3H3,(H2,15,16,20)/t11-/m0/s1. The Bertz CT molecular complexity index is 598. The van der Waals surface area contributed by atoms with E-state index < -0.39 is 0 Å². The van der Waals surface area contributed by atoms with Crippen molar-refractivity contribution < 1.29 is 4.79 Å². The van der Waals surface area contributed by atoms with Crippen molar-refractivity contribution in [2.24, 2.45) is 0 Å². The highest BCUT2D eigenvalue weighted by atomic mass is 32.2. The van der Waals surface area contributed by atoms with Gasteiger partial charge in [0.05, 0.1) is 6.04 Å². The minimum Gasteiger partial charge on any atom is -0.336 e. The zero-order chi connectivity index (χ0) is 15.2. The van der Waals surface area contributed by atoms with Gasteiger partial charge in [0.1, 0.15) is 0 Å². The molecule has 0 aliphatic carbocycles. The number of rotatable bonds is 6. The van der Waals surface area contributed by atoms with Gasteiger partial charge in [-0.1, -0.05) is 6.07 Å². The van der Waals surface area contributed by atoms with Gasteiger partial charge in [0, 0.05) is 12.2 Å². The van der Waals surface area contributed by atoms with Crippen molar-refractivity contribution in [3.05, 3.63) is 30.2 Å². The number of nitrogens with one attached hydrogen (secondary N) is 2. The Morgan fingerprint density at radius 2 is 2.14 bits per heavy atom. The fourth-order valence-corrected chi connectivity index (χ4v) is 2.53. The van der Waals surface area contributed by atoms with E-state index >= 15 is 0 Å². The first-order chi connectivity index (χ1) is 10.1. The van der Waals surface area contributed by atoms with Crippen LogP contribution in [0.1, 0.15) is 32.1 Å². The average Bonchev–Trinajstić information content (AvgIpc) is 2.86. The van der Waals surface area contributed by atoms with Gasteiger partial charge in [-0.05, 0) is 44.4 Å². The molecule has 0 saturated carbocycles. The lowest BCUT2D eigenvalue weighted by Gasteiger charge is -2.18. The van der Waals surface area contributed by atoms with Gasteiger partial charge < -0.3 is 10.6 Å². The molecule has 7 heteroatoms. The second-order valence-electron chi connectivity index (χ2n) is 5.09. The van der Waals surface area contributed by atoms with Gasteiger partial charge in [-0.2, -0.15) is 11.8 Å². The minimum atomic E-state index is -0.177. The molecule has 0 bridgehead atoms. The van der Waals surface area contributed by atoms with Gasteiger partial charge in [-0.15, -0.1) is 10.2 Å². The summed E-state index contributed by atoms with van der Waals surface area (Å²) in [5.74, 6) is 1.70. The molecule has 0 unspecified atom stereocenters. The molecule has 21 heavy (non-hydrogen) atoms. The summed E-state index contributed by atoms with van der Waals surface area (Å²) < 4.78 is 1.92. The van der Waals surface area contributed by atoms with Crippen LogP contribution in [0.5, 0.6) is 0 Å². The molecule has 0 fully saturated rings. The molecule has 0 aliphatic heterocycles. The van der Waals surface area contributed by atoms with Gasteiger partial charge in [-0.3, -0.25) is 4.40 Å². The van der Waals surface area contributed by atoms with Crippen LogP contribution in [-0.2, 0) is 0 Å². The van der Waals surface area contributed by atoms with Crippen LogP contribution in [0.25, 0.3) is 5.65 Å². The fourth-order valence-electron chi connectivity index (χ4n) is 2.06. The first-order valence-electron chi connectivity index (χ1n) is 6.97. The van der Waals surface area contributed by atoms with Gasteiger partial charge in [0.25, 0.3) is 0 Å². The number of amides is 2. The van der Waals surface area contributed by atoms with E-state index in [1.54, 1.807) is 11.8 Å². The number of carbonyl (C=O) groups is 1. The van der Waals surface area contributed by atoms with Crippen molar-refractivity contribution in [2.75, 3.05) is 12.0 Å². The lowest BCUT2D eigenvalue weighted by molar-refractivity contribution is 0.233. The maximum atomic E-state index is 12.0. The lowest BCUT2D eigenvalue weighted by Crippen LogP contribution is -2.41. The molecule has 114 valence electrons. The topological polar surface area (TPSA) is 71.3 Å². The van der Waals surface area contributed by atoms with Crippen molar-refractivity contribution in [1.29, 1.82) is 0 Å². The second kappa shape index (κ2) is 7.31. The van der Waals surface area contributed by atoms with E-state index in [4.69, 9.17) is 0 Å². The third-order valence-electron chi connectivity index (χ3n) is 2.99. The van der Waals surface area contributed by atoms with Gasteiger partial charge >= 0.3 is 6.03 Å². The summed E-state index contributed by atoms with van der Waals surface area (Å²) in [6.07, 6.45) is 4.77. The van der Waals surface area contributed by atoms with E-state index in [0.29, 0.717) is 0 Å². The van der Waals surface area contributed by atoms with Crippen LogP contribution in [0.3, 0.4) is 0 Å². The molecule has 2 aromatic rings. The maximum absolute atomic E-state index is 12.0. The van der Waals surface area contributed by atoms with Crippen molar-refractivity contribution in [3.63, 3.8) is 0 Å². The smallest absolute Gasteiger partial charge is 0.315 e. The van der Waals surface area contributed by atoms with E-state index in [1.165, 1.54) is 0 Å². The summed E-state index contributed by atoms with van der Waals surface area (Å²) in [6, 6.07) is 5.51. The molecule has 2 N–H and O–H groups in total. The highest BCUT2D eigenvalue weighted by molar-refractivity contribution is 7.98. The number of pyridine rings is 1. The Hall–Kier alpha value is -1.76. The van der Waals surface area contributed by atoms with Crippen molar-refractivity contribution in [1.82, 2.24) is 25.2 Å². The minimum absolute atomic E-state index is 0.0985. The lowest BCUT2D eigenvalue weighted by atomic mass is 10.2. The van der Waals surface area contributed by atoms with Crippen molar-refractivity contribution in [2.45, 2.75) is 32.4 Å². The Kier molecular flexibility index (Phi) is 5.44. The molecule has 1 atom stereocenters. The van der Waals surface area contributed by atoms with E-state index in [-0.39, 0.29) is 18.1 Å². The molecule has 0 radical (unpaired) electrons.